The Bertz CT molecular complexity index is 1180. The van der Waals surface area contributed by atoms with Crippen LogP contribution < -0.4 is 0 Å². The summed E-state index contributed by atoms with van der Waals surface area (Å²) in [6, 6.07) is 23.2. The molecule has 160 valence electrons. The number of hydrogen-bond acceptors (Lipinski definition) is 4. The molecule has 1 saturated heterocycles. The largest absolute Gasteiger partial charge is 0.344 e. The number of pyridine rings is 2. The summed E-state index contributed by atoms with van der Waals surface area (Å²) in [5.41, 5.74) is 4.86. The van der Waals surface area contributed by atoms with E-state index in [0.717, 1.165) is 24.2 Å². The Hall–Kier alpha value is -2.78. The van der Waals surface area contributed by atoms with E-state index in [-0.39, 0.29) is 12.2 Å². The third kappa shape index (κ3) is 3.31. The average molecular weight is 440 g/mol. The molecule has 0 amide bonds. The molecule has 3 aromatic heterocycles. The Morgan fingerprint density at radius 1 is 0.719 bits per heavy atom. The molecule has 0 saturated carbocycles. The molecule has 0 N–H and O–H groups in total. The van der Waals surface area contributed by atoms with E-state index in [1.54, 1.807) is 0 Å². The molecule has 2 aliphatic rings. The van der Waals surface area contributed by atoms with Gasteiger partial charge in [0.1, 0.15) is 0 Å². The molecule has 4 aromatic rings. The van der Waals surface area contributed by atoms with Crippen molar-refractivity contribution in [3.05, 3.63) is 90.3 Å². The van der Waals surface area contributed by atoms with Crippen molar-refractivity contribution in [1.29, 1.82) is 0 Å². The molecule has 5 heteroatoms. The minimum absolute atomic E-state index is 0.0677. The zero-order chi connectivity index (χ0) is 21.7. The molecular formula is C27H25N2O2P. The van der Waals surface area contributed by atoms with Gasteiger partial charge in [-0.2, -0.15) is 0 Å². The SMILES string of the molecule is CC1(C)O[C@@H]2Cc3c(c(-c4ccccn4)p(-c4ccccc4)c3-c3ccccn3)C[C@H]2O1. The summed E-state index contributed by atoms with van der Waals surface area (Å²) in [5, 5.41) is 4.01. The molecule has 1 fully saturated rings. The highest BCUT2D eigenvalue weighted by Gasteiger charge is 2.46. The molecular weight excluding hydrogens is 415 g/mol. The second-order valence-corrected chi connectivity index (χ2v) is 11.0. The Kier molecular flexibility index (Phi) is 4.76. The predicted octanol–water partition coefficient (Wildman–Crippen LogP) is 6.41. The lowest BCUT2D eigenvalue weighted by atomic mass is 9.87. The summed E-state index contributed by atoms with van der Waals surface area (Å²) in [5.74, 6) is -0.546. The van der Waals surface area contributed by atoms with Crippen LogP contribution in [0.25, 0.3) is 27.3 Å². The van der Waals surface area contributed by atoms with Gasteiger partial charge in [-0.3, -0.25) is 9.97 Å². The van der Waals surface area contributed by atoms with E-state index >= 15 is 0 Å². The van der Waals surface area contributed by atoms with Gasteiger partial charge in [0.05, 0.1) is 23.6 Å². The van der Waals surface area contributed by atoms with Crippen LogP contribution in [0.4, 0.5) is 0 Å². The van der Waals surface area contributed by atoms with Crippen molar-refractivity contribution in [2.75, 3.05) is 0 Å². The molecule has 0 bridgehead atoms. The van der Waals surface area contributed by atoms with Crippen LogP contribution >= 0.6 is 7.53 Å². The molecule has 1 aromatic carbocycles. The summed E-state index contributed by atoms with van der Waals surface area (Å²) in [6.45, 7) is 4.03. The van der Waals surface area contributed by atoms with Crippen molar-refractivity contribution < 1.29 is 9.47 Å². The summed E-state index contributed by atoms with van der Waals surface area (Å²) >= 11 is 0. The first kappa shape index (κ1) is 19.9. The number of hydrogen-bond donors (Lipinski definition) is 0. The number of aromatic nitrogens is 2. The maximum absolute atomic E-state index is 6.32. The lowest BCUT2D eigenvalue weighted by molar-refractivity contribution is -0.145. The van der Waals surface area contributed by atoms with Gasteiger partial charge in [0.2, 0.25) is 0 Å². The van der Waals surface area contributed by atoms with Crippen LogP contribution in [0.5, 0.6) is 0 Å². The molecule has 1 aliphatic carbocycles. The smallest absolute Gasteiger partial charge is 0.163 e. The minimum Gasteiger partial charge on any atom is -0.344 e. The monoisotopic (exact) mass is 440 g/mol. The van der Waals surface area contributed by atoms with Crippen molar-refractivity contribution in [2.45, 2.75) is 44.7 Å². The van der Waals surface area contributed by atoms with Gasteiger partial charge in [-0.25, -0.2) is 0 Å². The second kappa shape index (κ2) is 7.67. The first-order chi connectivity index (χ1) is 15.6. The second-order valence-electron chi connectivity index (χ2n) is 8.88. The van der Waals surface area contributed by atoms with Gasteiger partial charge in [0, 0.05) is 35.8 Å². The van der Waals surface area contributed by atoms with E-state index in [1.807, 2.05) is 38.4 Å². The van der Waals surface area contributed by atoms with Crippen LogP contribution in [0.3, 0.4) is 0 Å². The summed E-state index contributed by atoms with van der Waals surface area (Å²) in [4.78, 5) is 9.62. The first-order valence-electron chi connectivity index (χ1n) is 11.1. The van der Waals surface area contributed by atoms with Crippen molar-refractivity contribution >= 4 is 7.53 Å². The van der Waals surface area contributed by atoms with Crippen LogP contribution in [-0.2, 0) is 22.3 Å². The van der Waals surface area contributed by atoms with Crippen LogP contribution in [0.1, 0.15) is 25.0 Å². The zero-order valence-corrected chi connectivity index (χ0v) is 19.1. The van der Waals surface area contributed by atoms with Gasteiger partial charge in [0.15, 0.2) is 5.79 Å². The highest BCUT2D eigenvalue weighted by Crippen LogP contribution is 2.62. The van der Waals surface area contributed by atoms with Crippen molar-refractivity contribution in [3.63, 3.8) is 0 Å². The normalized spacial score (nSPS) is 21.2. The third-order valence-electron chi connectivity index (χ3n) is 6.31. The Morgan fingerprint density at radius 3 is 1.69 bits per heavy atom. The van der Waals surface area contributed by atoms with Crippen LogP contribution in [0, 0.1) is 0 Å². The highest BCUT2D eigenvalue weighted by atomic mass is 31.1. The summed E-state index contributed by atoms with van der Waals surface area (Å²) in [6.07, 6.45) is 5.61. The molecule has 1 aliphatic heterocycles. The van der Waals surface area contributed by atoms with E-state index in [2.05, 4.69) is 54.6 Å². The molecule has 0 radical (unpaired) electrons. The Balaban J connectivity index is 1.66. The molecule has 4 heterocycles. The number of ether oxygens (including phenoxy) is 2. The third-order valence-corrected chi connectivity index (χ3v) is 9.02. The summed E-state index contributed by atoms with van der Waals surface area (Å²) < 4.78 is 12.6. The fourth-order valence-electron chi connectivity index (χ4n) is 5.14. The highest BCUT2D eigenvalue weighted by molar-refractivity contribution is 7.63. The van der Waals surface area contributed by atoms with Gasteiger partial charge in [-0.05, 0) is 54.5 Å². The van der Waals surface area contributed by atoms with Crippen LogP contribution in [0.2, 0.25) is 0 Å². The maximum atomic E-state index is 6.32. The topological polar surface area (TPSA) is 44.2 Å². The average Bonchev–Trinajstić information content (AvgIpc) is 3.31. The van der Waals surface area contributed by atoms with E-state index in [1.165, 1.54) is 27.0 Å². The fourth-order valence-corrected chi connectivity index (χ4v) is 8.07. The fraction of sp³-hybridized carbons (Fsp3) is 0.259. The Labute approximate surface area is 189 Å². The minimum atomic E-state index is -0.790. The van der Waals surface area contributed by atoms with E-state index in [9.17, 15) is 0 Å². The summed E-state index contributed by atoms with van der Waals surface area (Å²) in [7, 11) is -0.790. The lowest BCUT2D eigenvalue weighted by Crippen LogP contribution is -2.31. The molecule has 6 rings (SSSR count). The lowest BCUT2D eigenvalue weighted by Gasteiger charge is -2.24. The first-order valence-corrected chi connectivity index (χ1v) is 12.5. The van der Waals surface area contributed by atoms with Crippen molar-refractivity contribution in [2.24, 2.45) is 0 Å². The zero-order valence-electron chi connectivity index (χ0n) is 18.2. The standard InChI is InChI=1S/C27H25N2O2P/c1-27(2)30-23-16-19-20(17-24(23)31-27)26(22-13-7-9-15-29-22)32(18-10-4-3-5-11-18)25(19)21-12-6-8-14-28-21/h3-15,23-24H,16-17H2,1-2H3/t23-,24-/m1/s1. The molecule has 0 unspecified atom stereocenters. The van der Waals surface area contributed by atoms with E-state index in [4.69, 9.17) is 19.4 Å². The molecule has 32 heavy (non-hydrogen) atoms. The van der Waals surface area contributed by atoms with Crippen molar-refractivity contribution in [3.8, 4) is 27.3 Å². The van der Waals surface area contributed by atoms with Gasteiger partial charge >= 0.3 is 0 Å². The van der Waals surface area contributed by atoms with E-state index in [0.29, 0.717) is 0 Å². The van der Waals surface area contributed by atoms with Crippen molar-refractivity contribution in [1.82, 2.24) is 9.97 Å². The van der Waals surface area contributed by atoms with E-state index < -0.39 is 13.3 Å². The number of benzene rings is 1. The Morgan fingerprint density at radius 2 is 1.22 bits per heavy atom. The van der Waals surface area contributed by atoms with Gasteiger partial charge < -0.3 is 9.47 Å². The molecule has 4 nitrogen and oxygen atoms in total. The molecule has 2 atom stereocenters. The predicted molar refractivity (Wildman–Crippen MR) is 128 cm³/mol. The van der Waals surface area contributed by atoms with Gasteiger partial charge in [-0.15, -0.1) is 0 Å². The van der Waals surface area contributed by atoms with Gasteiger partial charge in [0.25, 0.3) is 0 Å². The van der Waals surface area contributed by atoms with Crippen LogP contribution in [-0.4, -0.2) is 28.0 Å². The number of fused-ring (bicyclic) bond motifs is 2. The molecule has 0 spiro atoms. The number of nitrogens with zero attached hydrogens (tertiary/aromatic N) is 2. The van der Waals surface area contributed by atoms with Gasteiger partial charge in [-0.1, -0.05) is 50.0 Å². The van der Waals surface area contributed by atoms with Crippen LogP contribution in [0.15, 0.2) is 79.1 Å². The quantitative estimate of drug-likeness (QED) is 0.370. The maximum Gasteiger partial charge on any atom is 0.163 e. The number of rotatable bonds is 3.